The summed E-state index contributed by atoms with van der Waals surface area (Å²) in [6, 6.07) is 8.10. The molecule has 1 aromatic heterocycles. The molecule has 0 N–H and O–H groups in total. The van der Waals surface area contributed by atoms with E-state index in [9.17, 15) is 0 Å². The monoisotopic (exact) mass is 246 g/mol. The predicted molar refractivity (Wildman–Crippen MR) is 71.2 cm³/mol. The van der Waals surface area contributed by atoms with E-state index in [0.29, 0.717) is 6.04 Å². The molecule has 1 heterocycles. The van der Waals surface area contributed by atoms with Gasteiger partial charge in [-0.25, -0.2) is 0 Å². The Kier molecular flexibility index (Phi) is 3.55. The number of aromatic nitrogens is 2. The van der Waals surface area contributed by atoms with Crippen molar-refractivity contribution in [2.75, 3.05) is 14.2 Å². The third kappa shape index (κ3) is 2.18. The summed E-state index contributed by atoms with van der Waals surface area (Å²) in [4.78, 5) is 0. The van der Waals surface area contributed by atoms with E-state index in [1.165, 1.54) is 0 Å². The Morgan fingerprint density at radius 1 is 1.11 bits per heavy atom. The number of hydrogen-bond donors (Lipinski definition) is 0. The van der Waals surface area contributed by atoms with E-state index in [0.717, 1.165) is 22.8 Å². The third-order valence-corrected chi connectivity index (χ3v) is 2.84. The smallest absolute Gasteiger partial charge is 0.131 e. The Labute approximate surface area is 107 Å². The highest BCUT2D eigenvalue weighted by Gasteiger charge is 2.13. The molecule has 0 unspecified atom stereocenters. The standard InChI is InChI=1S/C14H18N2O2/c1-10(2)16-13(7-8-15-16)12-6-5-11(17-3)9-14(12)18-4/h5-10H,1-4H3. The summed E-state index contributed by atoms with van der Waals surface area (Å²) in [6.45, 7) is 4.21. The molecular formula is C14H18N2O2. The van der Waals surface area contributed by atoms with Gasteiger partial charge in [0.05, 0.1) is 19.9 Å². The van der Waals surface area contributed by atoms with Crippen LogP contribution in [0, 0.1) is 0 Å². The molecular weight excluding hydrogens is 228 g/mol. The van der Waals surface area contributed by atoms with Gasteiger partial charge in [-0.2, -0.15) is 5.10 Å². The molecule has 96 valence electrons. The second kappa shape index (κ2) is 5.12. The molecule has 0 saturated heterocycles. The topological polar surface area (TPSA) is 36.3 Å². The molecule has 0 aliphatic rings. The number of nitrogens with zero attached hydrogens (tertiary/aromatic N) is 2. The van der Waals surface area contributed by atoms with E-state index in [2.05, 4.69) is 18.9 Å². The lowest BCUT2D eigenvalue weighted by Crippen LogP contribution is -2.05. The highest BCUT2D eigenvalue weighted by atomic mass is 16.5. The molecule has 0 fully saturated rings. The summed E-state index contributed by atoms with van der Waals surface area (Å²) in [5.74, 6) is 1.57. The molecule has 0 atom stereocenters. The average molecular weight is 246 g/mol. The van der Waals surface area contributed by atoms with Gasteiger partial charge in [-0.05, 0) is 32.0 Å². The van der Waals surface area contributed by atoms with E-state index in [1.54, 1.807) is 20.4 Å². The summed E-state index contributed by atoms with van der Waals surface area (Å²) < 4.78 is 12.6. The van der Waals surface area contributed by atoms with Crippen LogP contribution in [0.3, 0.4) is 0 Å². The van der Waals surface area contributed by atoms with Gasteiger partial charge in [0, 0.05) is 23.9 Å². The highest BCUT2D eigenvalue weighted by Crippen LogP contribution is 2.33. The first-order chi connectivity index (χ1) is 8.67. The second-order valence-corrected chi connectivity index (χ2v) is 4.32. The van der Waals surface area contributed by atoms with Crippen molar-refractivity contribution in [3.63, 3.8) is 0 Å². The first kappa shape index (κ1) is 12.5. The first-order valence-corrected chi connectivity index (χ1v) is 5.93. The number of ether oxygens (including phenoxy) is 2. The molecule has 0 radical (unpaired) electrons. The molecule has 2 aromatic rings. The van der Waals surface area contributed by atoms with E-state index in [1.807, 2.05) is 28.9 Å². The predicted octanol–water partition coefficient (Wildman–Crippen LogP) is 3.15. The lowest BCUT2D eigenvalue weighted by molar-refractivity contribution is 0.395. The zero-order chi connectivity index (χ0) is 13.1. The van der Waals surface area contributed by atoms with Gasteiger partial charge in [-0.15, -0.1) is 0 Å². The number of rotatable bonds is 4. The number of benzene rings is 1. The van der Waals surface area contributed by atoms with Crippen molar-refractivity contribution in [1.82, 2.24) is 9.78 Å². The molecule has 2 rings (SSSR count). The van der Waals surface area contributed by atoms with Crippen molar-refractivity contribution >= 4 is 0 Å². The third-order valence-electron chi connectivity index (χ3n) is 2.84. The summed E-state index contributed by atoms with van der Waals surface area (Å²) in [5.41, 5.74) is 2.06. The van der Waals surface area contributed by atoms with Crippen LogP contribution in [0.25, 0.3) is 11.3 Å². The van der Waals surface area contributed by atoms with Crippen molar-refractivity contribution in [3.8, 4) is 22.8 Å². The fraction of sp³-hybridized carbons (Fsp3) is 0.357. The summed E-state index contributed by atoms with van der Waals surface area (Å²) in [5, 5.41) is 4.34. The summed E-state index contributed by atoms with van der Waals surface area (Å²) in [6.07, 6.45) is 1.80. The zero-order valence-corrected chi connectivity index (χ0v) is 11.2. The molecule has 0 aliphatic heterocycles. The van der Waals surface area contributed by atoms with E-state index >= 15 is 0 Å². The van der Waals surface area contributed by atoms with Gasteiger partial charge in [-0.1, -0.05) is 0 Å². The fourth-order valence-electron chi connectivity index (χ4n) is 1.95. The van der Waals surface area contributed by atoms with Crippen LogP contribution < -0.4 is 9.47 Å². The van der Waals surface area contributed by atoms with Gasteiger partial charge in [0.25, 0.3) is 0 Å². The van der Waals surface area contributed by atoms with Crippen molar-refractivity contribution in [1.29, 1.82) is 0 Å². The van der Waals surface area contributed by atoms with Crippen molar-refractivity contribution in [2.24, 2.45) is 0 Å². The molecule has 1 aromatic carbocycles. The van der Waals surface area contributed by atoms with Crippen LogP contribution in [-0.2, 0) is 0 Å². The SMILES string of the molecule is COc1ccc(-c2ccnn2C(C)C)c(OC)c1. The molecule has 0 spiro atoms. The van der Waals surface area contributed by atoms with Crippen LogP contribution in [0.15, 0.2) is 30.5 Å². The Morgan fingerprint density at radius 2 is 1.89 bits per heavy atom. The summed E-state index contributed by atoms with van der Waals surface area (Å²) in [7, 11) is 3.31. The fourth-order valence-corrected chi connectivity index (χ4v) is 1.95. The number of hydrogen-bond acceptors (Lipinski definition) is 3. The maximum Gasteiger partial charge on any atom is 0.131 e. The normalized spacial score (nSPS) is 10.7. The Bertz CT molecular complexity index is 532. The lowest BCUT2D eigenvalue weighted by Gasteiger charge is -2.14. The maximum absolute atomic E-state index is 5.43. The van der Waals surface area contributed by atoms with Crippen LogP contribution in [0.5, 0.6) is 11.5 Å². The van der Waals surface area contributed by atoms with Crippen LogP contribution in [-0.4, -0.2) is 24.0 Å². The van der Waals surface area contributed by atoms with Crippen molar-refractivity contribution < 1.29 is 9.47 Å². The first-order valence-electron chi connectivity index (χ1n) is 5.93. The second-order valence-electron chi connectivity index (χ2n) is 4.32. The summed E-state index contributed by atoms with van der Waals surface area (Å²) >= 11 is 0. The van der Waals surface area contributed by atoms with Crippen LogP contribution in [0.2, 0.25) is 0 Å². The molecule has 0 bridgehead atoms. The quantitative estimate of drug-likeness (QED) is 0.831. The Morgan fingerprint density at radius 3 is 2.50 bits per heavy atom. The van der Waals surface area contributed by atoms with Gasteiger partial charge in [0.1, 0.15) is 11.5 Å². The van der Waals surface area contributed by atoms with Crippen molar-refractivity contribution in [3.05, 3.63) is 30.5 Å². The minimum absolute atomic E-state index is 0.307. The largest absolute Gasteiger partial charge is 0.497 e. The van der Waals surface area contributed by atoms with Gasteiger partial charge < -0.3 is 9.47 Å². The molecule has 0 saturated carbocycles. The van der Waals surface area contributed by atoms with E-state index in [-0.39, 0.29) is 0 Å². The van der Waals surface area contributed by atoms with Gasteiger partial charge >= 0.3 is 0 Å². The van der Waals surface area contributed by atoms with Crippen molar-refractivity contribution in [2.45, 2.75) is 19.9 Å². The average Bonchev–Trinajstić information content (AvgIpc) is 2.87. The van der Waals surface area contributed by atoms with Crippen LogP contribution >= 0.6 is 0 Å². The van der Waals surface area contributed by atoms with Gasteiger partial charge in [-0.3, -0.25) is 4.68 Å². The molecule has 0 aliphatic carbocycles. The molecule has 18 heavy (non-hydrogen) atoms. The Balaban J connectivity index is 2.53. The molecule has 4 heteroatoms. The maximum atomic E-state index is 5.43. The molecule has 4 nitrogen and oxygen atoms in total. The van der Waals surface area contributed by atoms with E-state index < -0.39 is 0 Å². The molecule has 0 amide bonds. The minimum Gasteiger partial charge on any atom is -0.497 e. The number of methoxy groups -OCH3 is 2. The van der Waals surface area contributed by atoms with Gasteiger partial charge in [0.15, 0.2) is 0 Å². The van der Waals surface area contributed by atoms with E-state index in [4.69, 9.17) is 9.47 Å². The van der Waals surface area contributed by atoms with Crippen LogP contribution in [0.4, 0.5) is 0 Å². The van der Waals surface area contributed by atoms with Crippen LogP contribution in [0.1, 0.15) is 19.9 Å². The Hall–Kier alpha value is -1.97. The van der Waals surface area contributed by atoms with Gasteiger partial charge in [0.2, 0.25) is 0 Å². The lowest BCUT2D eigenvalue weighted by atomic mass is 10.1. The minimum atomic E-state index is 0.307. The highest BCUT2D eigenvalue weighted by molar-refractivity contribution is 5.68. The zero-order valence-electron chi connectivity index (χ0n) is 11.2.